The van der Waals surface area contributed by atoms with Gasteiger partial charge in [0, 0.05) is 30.1 Å². The number of rotatable bonds is 9. The summed E-state index contributed by atoms with van der Waals surface area (Å²) in [5, 5.41) is 15.5. The lowest BCUT2D eigenvalue weighted by Gasteiger charge is -2.42. The van der Waals surface area contributed by atoms with Gasteiger partial charge in [0.05, 0.1) is 12.2 Å². The Hall–Kier alpha value is -4.23. The maximum absolute atomic E-state index is 14.4. The Kier molecular flexibility index (Phi) is 9.12. The monoisotopic (exact) mass is 672 g/mol. The van der Waals surface area contributed by atoms with Gasteiger partial charge in [0.2, 0.25) is 5.91 Å². The molecule has 6 rings (SSSR count). The summed E-state index contributed by atoms with van der Waals surface area (Å²) in [7, 11) is 0. The third kappa shape index (κ3) is 6.70. The average molecular weight is 673 g/mol. The molecule has 0 saturated carbocycles. The van der Waals surface area contributed by atoms with E-state index < -0.39 is 68.2 Å². The van der Waals surface area contributed by atoms with E-state index in [2.05, 4.69) is 16.3 Å². The number of pyridine rings is 1. The molecule has 0 aliphatic carbocycles. The van der Waals surface area contributed by atoms with Crippen molar-refractivity contribution >= 4 is 33.4 Å². The predicted molar refractivity (Wildman–Crippen MR) is 168 cm³/mol. The number of hydrogen-bond acceptors (Lipinski definition) is 5. The van der Waals surface area contributed by atoms with Crippen molar-refractivity contribution in [3.8, 4) is 11.3 Å². The molecular weight excluding hydrogens is 638 g/mol. The third-order valence-corrected chi connectivity index (χ3v) is 9.60. The Morgan fingerprint density at radius 2 is 1.44 bits per heavy atom. The summed E-state index contributed by atoms with van der Waals surface area (Å²) in [5.74, 6) is -3.09. The minimum absolute atomic E-state index is 0.320. The molecule has 7 nitrogen and oxygen atoms in total. The number of carbonyl (C=O) groups is 2. The van der Waals surface area contributed by atoms with Gasteiger partial charge in [-0.25, -0.2) is 4.79 Å². The number of nitrogens with one attached hydrogen (secondary N) is 1. The quantitative estimate of drug-likeness (QED) is 0.196. The van der Waals surface area contributed by atoms with Crippen LogP contribution in [0.2, 0.25) is 0 Å². The average Bonchev–Trinajstić information content (AvgIpc) is 3.01. The van der Waals surface area contributed by atoms with Crippen molar-refractivity contribution in [3.63, 3.8) is 0 Å². The molecule has 4 aromatic rings. The first-order valence-corrected chi connectivity index (χ1v) is 15.8. The highest BCUT2D eigenvalue weighted by Gasteiger charge is 2.61. The van der Waals surface area contributed by atoms with Crippen LogP contribution in [0.1, 0.15) is 30.4 Å². The topological polar surface area (TPSA) is 85.8 Å². The van der Waals surface area contributed by atoms with E-state index in [1.54, 1.807) is 24.3 Å². The van der Waals surface area contributed by atoms with Gasteiger partial charge >= 0.3 is 18.3 Å². The third-order valence-electron chi connectivity index (χ3n) is 9.60. The highest BCUT2D eigenvalue weighted by molar-refractivity contribution is 6.05. The summed E-state index contributed by atoms with van der Waals surface area (Å²) in [4.78, 5) is 33.6. The maximum atomic E-state index is 14.4. The normalized spacial score (nSPS) is 18.0. The fourth-order valence-electron chi connectivity index (χ4n) is 6.83. The highest BCUT2D eigenvalue weighted by Crippen LogP contribution is 2.47. The molecule has 2 aliphatic heterocycles. The molecule has 0 bridgehead atoms. The smallest absolute Gasteiger partial charge is 0.403 e. The first-order valence-electron chi connectivity index (χ1n) is 15.8. The van der Waals surface area contributed by atoms with Crippen molar-refractivity contribution in [2.24, 2.45) is 5.41 Å². The summed E-state index contributed by atoms with van der Waals surface area (Å²) >= 11 is 0. The molecule has 1 aromatic heterocycles. The Balaban J connectivity index is 1.28. The Labute approximate surface area is 272 Å². The van der Waals surface area contributed by atoms with Crippen molar-refractivity contribution in [2.45, 2.75) is 50.6 Å². The lowest BCUT2D eigenvalue weighted by atomic mass is 9.76. The summed E-state index contributed by atoms with van der Waals surface area (Å²) < 4.78 is 81.7. The molecule has 0 unspecified atom stereocenters. The molecule has 0 radical (unpaired) electrons. The molecule has 48 heavy (non-hydrogen) atoms. The first-order chi connectivity index (χ1) is 22.8. The van der Waals surface area contributed by atoms with Gasteiger partial charge in [-0.3, -0.25) is 19.6 Å². The zero-order valence-corrected chi connectivity index (χ0v) is 25.9. The van der Waals surface area contributed by atoms with Crippen LogP contribution in [0.3, 0.4) is 0 Å². The molecule has 2 aliphatic rings. The van der Waals surface area contributed by atoms with Crippen molar-refractivity contribution < 1.29 is 41.0 Å². The minimum Gasteiger partial charge on any atom is -0.480 e. The summed E-state index contributed by atoms with van der Waals surface area (Å²) in [6, 6.07) is 17.0. The molecule has 3 heterocycles. The number of amides is 1. The molecule has 2 N–H and O–H groups in total. The summed E-state index contributed by atoms with van der Waals surface area (Å²) in [6.07, 6.45) is -8.81. The number of aromatic nitrogens is 1. The van der Waals surface area contributed by atoms with Crippen molar-refractivity contribution in [1.29, 1.82) is 0 Å². The first kappa shape index (κ1) is 33.7. The Bertz CT molecular complexity index is 1830. The number of likely N-dealkylation sites (tertiary alicyclic amines) is 2. The predicted octanol–water partition coefficient (Wildman–Crippen LogP) is 6.58. The fourth-order valence-corrected chi connectivity index (χ4v) is 6.83. The molecule has 3 aromatic carbocycles. The van der Waals surface area contributed by atoms with Crippen LogP contribution in [0.15, 0.2) is 66.9 Å². The van der Waals surface area contributed by atoms with Gasteiger partial charge < -0.3 is 10.4 Å². The highest BCUT2D eigenvalue weighted by atomic mass is 19.4. The van der Waals surface area contributed by atoms with Crippen molar-refractivity contribution in [1.82, 2.24) is 20.1 Å². The number of carboxylic acids is 1. The number of alkyl halides is 6. The van der Waals surface area contributed by atoms with Crippen LogP contribution in [0, 0.1) is 5.41 Å². The summed E-state index contributed by atoms with van der Waals surface area (Å²) in [6.45, 7) is 0.251. The van der Waals surface area contributed by atoms with Crippen molar-refractivity contribution in [2.75, 3.05) is 32.7 Å². The van der Waals surface area contributed by atoms with Gasteiger partial charge in [0.25, 0.3) is 0 Å². The number of benzene rings is 3. The van der Waals surface area contributed by atoms with Crippen molar-refractivity contribution in [3.05, 3.63) is 78.0 Å². The SMILES string of the molecule is O=C(O)[C@H](Cc1cccc2c(-c3ncc(CN4CCC4)c4ccccc34)cccc12)NC(=O)C1(C(F)(F)F)CCN(CC(F)(F)F)CC1. The van der Waals surface area contributed by atoms with Crippen LogP contribution in [-0.2, 0) is 22.6 Å². The van der Waals surface area contributed by atoms with E-state index in [4.69, 9.17) is 4.98 Å². The second kappa shape index (κ2) is 13.0. The number of halogens is 6. The van der Waals surface area contributed by atoms with Crippen LogP contribution in [-0.4, -0.2) is 82.9 Å². The van der Waals surface area contributed by atoms with Crippen LogP contribution in [0.4, 0.5) is 26.3 Å². The zero-order chi connectivity index (χ0) is 34.3. The molecule has 13 heteroatoms. The molecule has 1 amide bonds. The maximum Gasteiger partial charge on any atom is 0.403 e. The van der Waals surface area contributed by atoms with Gasteiger partial charge in [0.15, 0.2) is 0 Å². The molecule has 0 spiro atoms. The van der Waals surface area contributed by atoms with Gasteiger partial charge in [-0.15, -0.1) is 0 Å². The number of nitrogens with zero attached hydrogens (tertiary/aromatic N) is 3. The lowest BCUT2D eigenvalue weighted by molar-refractivity contribution is -0.236. The molecule has 2 fully saturated rings. The number of piperidine rings is 1. The van der Waals surface area contributed by atoms with E-state index in [9.17, 15) is 41.0 Å². The second-order valence-corrected chi connectivity index (χ2v) is 12.7. The standard InChI is InChI=1S/C35H34F6N4O3/c36-34(37,38)21-45-16-12-33(13-17-45,35(39,40)41)32(48)43-29(31(46)47)18-22-6-3-10-26-24(22)9-4-11-28(26)30-27-8-2-1-7-25(27)23(19-42-30)20-44-14-5-15-44/h1-4,6-11,19,29H,5,12-18,20-21H2,(H,43,48)(H,46,47)/t29-/m0/s1. The zero-order valence-electron chi connectivity index (χ0n) is 25.9. The number of aliphatic carboxylic acids is 1. The number of carboxylic acid groups (broad SMARTS) is 1. The second-order valence-electron chi connectivity index (χ2n) is 12.7. The van der Waals surface area contributed by atoms with Crippen LogP contribution in [0.25, 0.3) is 32.8 Å². The Morgan fingerprint density at radius 3 is 2.06 bits per heavy atom. The summed E-state index contributed by atoms with van der Waals surface area (Å²) in [5.41, 5.74) is 0.106. The van der Waals surface area contributed by atoms with E-state index in [1.807, 2.05) is 36.5 Å². The molecule has 2 saturated heterocycles. The van der Waals surface area contributed by atoms with Crippen LogP contribution < -0.4 is 5.32 Å². The van der Waals surface area contributed by atoms with E-state index in [0.29, 0.717) is 10.9 Å². The number of carbonyl (C=O) groups excluding carboxylic acids is 1. The van der Waals surface area contributed by atoms with Gasteiger partial charge in [-0.05, 0) is 72.7 Å². The Morgan fingerprint density at radius 1 is 0.812 bits per heavy atom. The number of hydrogen-bond donors (Lipinski definition) is 2. The molecular formula is C35H34F6N4O3. The number of fused-ring (bicyclic) bond motifs is 2. The molecule has 1 atom stereocenters. The van der Waals surface area contributed by atoms with E-state index in [-0.39, 0.29) is 6.42 Å². The van der Waals surface area contributed by atoms with Gasteiger partial charge in [-0.1, -0.05) is 60.7 Å². The molecule has 254 valence electrons. The van der Waals surface area contributed by atoms with E-state index in [1.165, 1.54) is 6.42 Å². The van der Waals surface area contributed by atoms with E-state index in [0.717, 1.165) is 57.5 Å². The minimum atomic E-state index is -5.10. The largest absolute Gasteiger partial charge is 0.480 e. The van der Waals surface area contributed by atoms with E-state index >= 15 is 0 Å². The fraction of sp³-hybridized carbons (Fsp3) is 0.400. The lowest BCUT2D eigenvalue weighted by Crippen LogP contribution is -2.59. The van der Waals surface area contributed by atoms with Gasteiger partial charge in [0.1, 0.15) is 11.5 Å². The van der Waals surface area contributed by atoms with Crippen LogP contribution in [0.5, 0.6) is 0 Å². The van der Waals surface area contributed by atoms with Crippen LogP contribution >= 0.6 is 0 Å². The van der Waals surface area contributed by atoms with Gasteiger partial charge in [-0.2, -0.15) is 26.3 Å².